The molecule has 1 fully saturated rings. The quantitative estimate of drug-likeness (QED) is 0.336. The second kappa shape index (κ2) is 17.1. The number of alkyl carbamates (subject to hydrolysis) is 2. The van der Waals surface area contributed by atoms with Crippen molar-refractivity contribution in [3.05, 3.63) is 22.7 Å². The van der Waals surface area contributed by atoms with E-state index in [1.165, 1.54) is 6.92 Å². The van der Waals surface area contributed by atoms with E-state index in [0.717, 1.165) is 31.3 Å². The van der Waals surface area contributed by atoms with E-state index in [1.54, 1.807) is 20.8 Å². The van der Waals surface area contributed by atoms with E-state index in [0.29, 0.717) is 25.1 Å². The molecule has 0 aromatic rings. The molecule has 2 amide bonds. The number of amides is 2. The Morgan fingerprint density at radius 1 is 0.743 bits per heavy atom. The molecule has 198 valence electrons. The van der Waals surface area contributed by atoms with Crippen LogP contribution in [0.25, 0.3) is 0 Å². The molecule has 12 heteroatoms. The maximum Gasteiger partial charge on any atom is 0.407 e. The number of ether oxygens (including phenoxy) is 4. The Balaban J connectivity index is 2.78. The normalized spacial score (nSPS) is 16.6. The Labute approximate surface area is 205 Å². The first-order valence-electron chi connectivity index (χ1n) is 11.6. The van der Waals surface area contributed by atoms with Gasteiger partial charge in [0.05, 0.1) is 0 Å². The van der Waals surface area contributed by atoms with Gasteiger partial charge in [-0.15, -0.1) is 0 Å². The molecule has 0 aliphatic carbocycles. The summed E-state index contributed by atoms with van der Waals surface area (Å²) >= 11 is 0. The summed E-state index contributed by atoms with van der Waals surface area (Å²) in [4.78, 5) is 57.2. The van der Waals surface area contributed by atoms with Crippen molar-refractivity contribution < 1.29 is 47.9 Å². The predicted octanol–water partition coefficient (Wildman–Crippen LogP) is 3.03. The van der Waals surface area contributed by atoms with Crippen molar-refractivity contribution in [2.24, 2.45) is 0 Å². The molecule has 1 aliphatic heterocycles. The second-order valence-corrected chi connectivity index (χ2v) is 7.72. The number of rotatable bonds is 3. The highest BCUT2D eigenvalue weighted by Crippen LogP contribution is 2.13. The molecule has 0 unspecified atom stereocenters. The Morgan fingerprint density at radius 2 is 1.20 bits per heavy atom. The summed E-state index contributed by atoms with van der Waals surface area (Å²) in [5, 5.41) is 5.26. The van der Waals surface area contributed by atoms with Crippen molar-refractivity contribution in [1.29, 1.82) is 0 Å². The highest BCUT2D eigenvalue weighted by molar-refractivity contribution is 5.91. The van der Waals surface area contributed by atoms with Crippen molar-refractivity contribution in [3.8, 4) is 0 Å². The highest BCUT2D eigenvalue weighted by atomic mass is 17.2. The molecule has 0 atom stereocenters. The molecule has 0 bridgehead atoms. The third-order valence-electron chi connectivity index (χ3n) is 4.75. The zero-order chi connectivity index (χ0) is 26.1. The van der Waals surface area contributed by atoms with E-state index in [-0.39, 0.29) is 37.9 Å². The summed E-state index contributed by atoms with van der Waals surface area (Å²) < 4.78 is 20.9. The Morgan fingerprint density at radius 3 is 1.66 bits per heavy atom. The molecule has 12 nitrogen and oxygen atoms in total. The first kappa shape index (κ1) is 29.6. The monoisotopic (exact) mass is 500 g/mol. The van der Waals surface area contributed by atoms with Gasteiger partial charge in [0.25, 0.3) is 5.95 Å². The predicted molar refractivity (Wildman–Crippen MR) is 123 cm³/mol. The average Bonchev–Trinajstić information content (AvgIpc) is 2.82. The zero-order valence-corrected chi connectivity index (χ0v) is 20.9. The average molecular weight is 501 g/mol. The van der Waals surface area contributed by atoms with Gasteiger partial charge in [0.15, 0.2) is 0 Å². The molecule has 0 radical (unpaired) electrons. The summed E-state index contributed by atoms with van der Waals surface area (Å²) in [6.07, 6.45) is 2.56. The molecule has 1 heterocycles. The minimum atomic E-state index is -1.02. The van der Waals surface area contributed by atoms with Gasteiger partial charge < -0.3 is 29.6 Å². The van der Waals surface area contributed by atoms with Crippen LogP contribution in [-0.4, -0.2) is 63.6 Å². The molecule has 0 aromatic heterocycles. The smallest absolute Gasteiger partial charge is 0.407 e. The van der Waals surface area contributed by atoms with Crippen molar-refractivity contribution >= 4 is 24.1 Å². The fourth-order valence-corrected chi connectivity index (χ4v) is 2.86. The summed E-state index contributed by atoms with van der Waals surface area (Å²) in [5.74, 6) is -2.05. The van der Waals surface area contributed by atoms with E-state index < -0.39 is 24.1 Å². The van der Waals surface area contributed by atoms with Crippen LogP contribution in [0.3, 0.4) is 0 Å². The molecular formula is C23H36N2O10. The molecule has 0 saturated carbocycles. The van der Waals surface area contributed by atoms with Crippen LogP contribution >= 0.6 is 0 Å². The van der Waals surface area contributed by atoms with Crippen molar-refractivity contribution in [1.82, 2.24) is 10.6 Å². The molecular weight excluding hydrogens is 464 g/mol. The van der Waals surface area contributed by atoms with Crippen LogP contribution in [0, 0.1) is 0 Å². The summed E-state index contributed by atoms with van der Waals surface area (Å²) in [7, 11) is 0. The van der Waals surface area contributed by atoms with Gasteiger partial charge in [-0.25, -0.2) is 29.0 Å². The lowest BCUT2D eigenvalue weighted by atomic mass is 10.1. The summed E-state index contributed by atoms with van der Waals surface area (Å²) in [6.45, 7) is 7.01. The number of nitrogens with one attached hydrogen (secondary N) is 2. The minimum absolute atomic E-state index is 0.116. The van der Waals surface area contributed by atoms with Gasteiger partial charge in [-0.3, -0.25) is 0 Å². The third kappa shape index (κ3) is 12.6. The van der Waals surface area contributed by atoms with Gasteiger partial charge >= 0.3 is 24.1 Å². The molecule has 1 aliphatic rings. The van der Waals surface area contributed by atoms with E-state index >= 15 is 0 Å². The van der Waals surface area contributed by atoms with Gasteiger partial charge in [-0.05, 0) is 40.0 Å². The van der Waals surface area contributed by atoms with Crippen LogP contribution < -0.4 is 10.6 Å². The number of carbonyl (C=O) groups is 4. The highest BCUT2D eigenvalue weighted by Gasteiger charge is 2.21. The van der Waals surface area contributed by atoms with E-state index in [4.69, 9.17) is 18.9 Å². The van der Waals surface area contributed by atoms with Crippen LogP contribution in [0.2, 0.25) is 0 Å². The van der Waals surface area contributed by atoms with Gasteiger partial charge in [0.2, 0.25) is 0 Å². The Bertz CT molecular complexity index is 755. The van der Waals surface area contributed by atoms with Gasteiger partial charge in [-0.1, -0.05) is 25.3 Å². The second-order valence-electron chi connectivity index (χ2n) is 7.72. The lowest BCUT2D eigenvalue weighted by Crippen LogP contribution is -2.26. The maximum absolute atomic E-state index is 12.4. The molecule has 0 spiro atoms. The first-order valence-corrected chi connectivity index (χ1v) is 11.6. The fraction of sp³-hybridized carbons (Fsp3) is 0.652. The van der Waals surface area contributed by atoms with E-state index in [1.807, 2.05) is 0 Å². The molecule has 0 aromatic carbocycles. The van der Waals surface area contributed by atoms with Crippen LogP contribution in [0.1, 0.15) is 59.8 Å². The van der Waals surface area contributed by atoms with Crippen molar-refractivity contribution in [3.63, 3.8) is 0 Å². The molecule has 35 heavy (non-hydrogen) atoms. The number of allylic oxidation sites excluding steroid dienone is 1. The van der Waals surface area contributed by atoms with Crippen molar-refractivity contribution in [2.45, 2.75) is 59.8 Å². The lowest BCUT2D eigenvalue weighted by molar-refractivity contribution is -0.252. The SMILES string of the molecule is CCC(C(=O)OOC(=O)C(C)=C1OCCOC(=O)NCCCCCCNC(=O)OCCO1)=C(C)C. The van der Waals surface area contributed by atoms with E-state index in [9.17, 15) is 19.2 Å². The number of hydrogen-bond donors (Lipinski definition) is 2. The zero-order valence-electron chi connectivity index (χ0n) is 20.9. The third-order valence-corrected chi connectivity index (χ3v) is 4.75. The standard InChI is InChI=1S/C23H36N2O10/c1-5-18(16(2)3)20(27)35-34-19(26)17(4)21-30-12-14-32-22(28)24-10-8-6-7-9-11-25-23(29)33-15-13-31-21/h5-15H2,1-4H3,(H,24,28)(H,25,29). The van der Waals surface area contributed by atoms with Gasteiger partial charge in [0.1, 0.15) is 32.0 Å². The largest absolute Gasteiger partial charge is 0.461 e. The van der Waals surface area contributed by atoms with Crippen LogP contribution in [0.15, 0.2) is 22.7 Å². The maximum atomic E-state index is 12.4. The number of hydrogen-bond acceptors (Lipinski definition) is 10. The fourth-order valence-electron chi connectivity index (χ4n) is 2.86. The van der Waals surface area contributed by atoms with Crippen LogP contribution in [0.5, 0.6) is 0 Å². The molecule has 2 N–H and O–H groups in total. The van der Waals surface area contributed by atoms with Crippen LogP contribution in [-0.2, 0) is 38.3 Å². The van der Waals surface area contributed by atoms with Crippen LogP contribution in [0.4, 0.5) is 9.59 Å². The number of carbonyl (C=O) groups excluding carboxylic acids is 4. The van der Waals surface area contributed by atoms with E-state index in [2.05, 4.69) is 20.4 Å². The van der Waals surface area contributed by atoms with Crippen molar-refractivity contribution in [2.75, 3.05) is 39.5 Å². The Kier molecular flexibility index (Phi) is 14.4. The van der Waals surface area contributed by atoms with Gasteiger partial charge in [-0.2, -0.15) is 0 Å². The Hall–Kier alpha value is -3.44. The summed E-state index contributed by atoms with van der Waals surface area (Å²) in [5.41, 5.74) is 0.976. The number of cyclic esters (lactones) is 2. The first-order chi connectivity index (χ1) is 16.8. The lowest BCUT2D eigenvalue weighted by Gasteiger charge is -2.15. The topological polar surface area (TPSA) is 148 Å². The summed E-state index contributed by atoms with van der Waals surface area (Å²) in [6, 6.07) is 0. The minimum Gasteiger partial charge on any atom is -0.461 e. The molecule has 1 rings (SSSR count). The molecule has 1 saturated heterocycles. The van der Waals surface area contributed by atoms with Gasteiger partial charge in [0, 0.05) is 18.7 Å².